The summed E-state index contributed by atoms with van der Waals surface area (Å²) in [5.41, 5.74) is 0.326. The zero-order valence-electron chi connectivity index (χ0n) is 9.58. The number of carbonyl (C=O) groups is 2. The molecule has 0 aliphatic carbocycles. The summed E-state index contributed by atoms with van der Waals surface area (Å²) in [4.78, 5) is 22.3. The first-order valence-electron chi connectivity index (χ1n) is 5.31. The lowest BCUT2D eigenvalue weighted by atomic mass is 10.1. The molecule has 0 aromatic rings. The average Bonchev–Trinajstić information content (AvgIpc) is 2.28. The van der Waals surface area contributed by atoms with Crippen molar-refractivity contribution in [3.63, 3.8) is 0 Å². The molecule has 1 unspecified atom stereocenters. The summed E-state index contributed by atoms with van der Waals surface area (Å²) in [5, 5.41) is 11.5. The molecule has 1 heterocycles. The maximum absolute atomic E-state index is 11.7. The second kappa shape index (κ2) is 5.65. The zero-order chi connectivity index (χ0) is 12.1. The highest BCUT2D eigenvalue weighted by molar-refractivity contribution is 6.01. The van der Waals surface area contributed by atoms with Crippen molar-refractivity contribution in [1.82, 2.24) is 5.32 Å². The van der Waals surface area contributed by atoms with Gasteiger partial charge in [-0.3, -0.25) is 4.79 Å². The van der Waals surface area contributed by atoms with Crippen LogP contribution in [0.4, 0.5) is 0 Å². The van der Waals surface area contributed by atoms with Crippen molar-refractivity contribution in [3.05, 3.63) is 11.1 Å². The molecule has 0 spiro atoms. The molecule has 1 amide bonds. The van der Waals surface area contributed by atoms with Crippen LogP contribution in [-0.4, -0.2) is 36.2 Å². The van der Waals surface area contributed by atoms with E-state index in [2.05, 4.69) is 5.32 Å². The third kappa shape index (κ3) is 3.34. The largest absolute Gasteiger partial charge is 0.478 e. The minimum atomic E-state index is -1.06. The summed E-state index contributed by atoms with van der Waals surface area (Å²) < 4.78 is 5.22. The van der Waals surface area contributed by atoms with Crippen molar-refractivity contribution >= 4 is 11.9 Å². The van der Waals surface area contributed by atoms with E-state index in [0.29, 0.717) is 6.61 Å². The number of hydrogen-bond donors (Lipinski definition) is 2. The minimum Gasteiger partial charge on any atom is -0.478 e. The monoisotopic (exact) mass is 227 g/mol. The van der Waals surface area contributed by atoms with Gasteiger partial charge in [-0.05, 0) is 26.7 Å². The number of ether oxygens (including phenoxy) is 1. The fourth-order valence-corrected chi connectivity index (χ4v) is 1.48. The standard InChI is InChI=1S/C11H17NO4/c1-7(8(2)11(14)15)10(13)12-9-4-3-5-16-6-9/h9H,3-6H2,1-2H3,(H,12,13)(H,14,15). The molecule has 1 atom stereocenters. The van der Waals surface area contributed by atoms with Crippen LogP contribution < -0.4 is 5.32 Å². The fourth-order valence-electron chi connectivity index (χ4n) is 1.48. The summed E-state index contributed by atoms with van der Waals surface area (Å²) in [5.74, 6) is -1.39. The average molecular weight is 227 g/mol. The van der Waals surface area contributed by atoms with Crippen LogP contribution in [-0.2, 0) is 14.3 Å². The highest BCUT2D eigenvalue weighted by Crippen LogP contribution is 2.08. The Kier molecular flexibility index (Phi) is 4.49. The van der Waals surface area contributed by atoms with Crippen molar-refractivity contribution < 1.29 is 19.4 Å². The van der Waals surface area contributed by atoms with Gasteiger partial charge >= 0.3 is 5.97 Å². The lowest BCUT2D eigenvalue weighted by Crippen LogP contribution is -2.41. The molecule has 0 aromatic carbocycles. The van der Waals surface area contributed by atoms with E-state index in [-0.39, 0.29) is 23.1 Å². The summed E-state index contributed by atoms with van der Waals surface area (Å²) in [6.07, 6.45) is 1.80. The Hall–Kier alpha value is -1.36. The second-order valence-electron chi connectivity index (χ2n) is 3.94. The number of hydrogen-bond acceptors (Lipinski definition) is 3. The van der Waals surface area contributed by atoms with Crippen molar-refractivity contribution in [2.45, 2.75) is 32.7 Å². The highest BCUT2D eigenvalue weighted by atomic mass is 16.5. The molecular weight excluding hydrogens is 210 g/mol. The molecule has 1 saturated heterocycles. The van der Waals surface area contributed by atoms with Crippen LogP contribution >= 0.6 is 0 Å². The summed E-state index contributed by atoms with van der Waals surface area (Å²) in [6, 6.07) is -0.00204. The van der Waals surface area contributed by atoms with E-state index in [0.717, 1.165) is 19.4 Å². The quantitative estimate of drug-likeness (QED) is 0.696. The Labute approximate surface area is 94.5 Å². The molecule has 1 aliphatic heterocycles. The van der Waals surface area contributed by atoms with Gasteiger partial charge in [-0.15, -0.1) is 0 Å². The van der Waals surface area contributed by atoms with Crippen LogP contribution in [0.25, 0.3) is 0 Å². The lowest BCUT2D eigenvalue weighted by Gasteiger charge is -2.23. The van der Waals surface area contributed by atoms with Crippen LogP contribution in [0, 0.1) is 0 Å². The highest BCUT2D eigenvalue weighted by Gasteiger charge is 2.19. The Morgan fingerprint density at radius 2 is 2.00 bits per heavy atom. The maximum atomic E-state index is 11.7. The topological polar surface area (TPSA) is 75.6 Å². The van der Waals surface area contributed by atoms with Crippen LogP contribution in [0.3, 0.4) is 0 Å². The Balaban J connectivity index is 2.57. The predicted molar refractivity (Wildman–Crippen MR) is 58.0 cm³/mol. The molecular formula is C11H17NO4. The molecule has 90 valence electrons. The number of nitrogens with one attached hydrogen (secondary N) is 1. The molecule has 0 bridgehead atoms. The van der Waals surface area contributed by atoms with Crippen molar-refractivity contribution in [1.29, 1.82) is 0 Å². The van der Waals surface area contributed by atoms with Gasteiger partial charge in [0.05, 0.1) is 12.6 Å². The second-order valence-corrected chi connectivity index (χ2v) is 3.94. The van der Waals surface area contributed by atoms with Crippen LogP contribution in [0.15, 0.2) is 11.1 Å². The Bertz CT molecular complexity index is 316. The van der Waals surface area contributed by atoms with Gasteiger partial charge in [-0.2, -0.15) is 0 Å². The van der Waals surface area contributed by atoms with Gasteiger partial charge in [0.15, 0.2) is 0 Å². The normalized spacial score (nSPS) is 22.2. The van der Waals surface area contributed by atoms with Crippen LogP contribution in [0.2, 0.25) is 0 Å². The van der Waals surface area contributed by atoms with E-state index >= 15 is 0 Å². The zero-order valence-corrected chi connectivity index (χ0v) is 9.58. The number of carboxylic acids is 1. The molecule has 1 rings (SSSR count). The summed E-state index contributed by atoms with van der Waals surface area (Å²) in [7, 11) is 0. The van der Waals surface area contributed by atoms with Crippen LogP contribution in [0.5, 0.6) is 0 Å². The first-order chi connectivity index (χ1) is 7.52. The van der Waals surface area contributed by atoms with E-state index in [1.54, 1.807) is 0 Å². The molecule has 1 fully saturated rings. The maximum Gasteiger partial charge on any atom is 0.331 e. The summed E-state index contributed by atoms with van der Waals surface area (Å²) in [6.45, 7) is 4.18. The third-order valence-corrected chi connectivity index (χ3v) is 2.72. The predicted octanol–water partition coefficient (Wildman–Crippen LogP) is 0.703. The number of rotatable bonds is 3. The third-order valence-electron chi connectivity index (χ3n) is 2.72. The SMILES string of the molecule is CC(C(=O)O)=C(C)C(=O)NC1CCCOC1. The number of aliphatic carboxylic acids is 1. The van der Waals surface area contributed by atoms with Gasteiger partial charge in [-0.25, -0.2) is 4.79 Å². The van der Waals surface area contributed by atoms with E-state index in [4.69, 9.17) is 9.84 Å². The van der Waals surface area contributed by atoms with Gasteiger partial charge in [0.25, 0.3) is 0 Å². The number of carboxylic acid groups (broad SMARTS) is 1. The first kappa shape index (κ1) is 12.7. The Morgan fingerprint density at radius 1 is 1.31 bits per heavy atom. The Morgan fingerprint density at radius 3 is 2.50 bits per heavy atom. The van der Waals surface area contributed by atoms with E-state index in [1.165, 1.54) is 13.8 Å². The molecule has 0 saturated carbocycles. The molecule has 1 aliphatic rings. The molecule has 2 N–H and O–H groups in total. The van der Waals surface area contributed by atoms with Gasteiger partial charge in [0.1, 0.15) is 0 Å². The number of amides is 1. The fraction of sp³-hybridized carbons (Fsp3) is 0.636. The molecule has 0 aromatic heterocycles. The van der Waals surface area contributed by atoms with Gasteiger partial charge in [-0.1, -0.05) is 0 Å². The van der Waals surface area contributed by atoms with Gasteiger partial charge < -0.3 is 15.2 Å². The molecule has 16 heavy (non-hydrogen) atoms. The van der Waals surface area contributed by atoms with Crippen molar-refractivity contribution in [3.8, 4) is 0 Å². The van der Waals surface area contributed by atoms with Crippen molar-refractivity contribution in [2.75, 3.05) is 13.2 Å². The van der Waals surface area contributed by atoms with E-state index in [9.17, 15) is 9.59 Å². The van der Waals surface area contributed by atoms with E-state index in [1.807, 2.05) is 0 Å². The number of carbonyl (C=O) groups excluding carboxylic acids is 1. The molecule has 5 heteroatoms. The van der Waals surface area contributed by atoms with E-state index < -0.39 is 5.97 Å². The van der Waals surface area contributed by atoms with Gasteiger partial charge in [0, 0.05) is 17.8 Å². The van der Waals surface area contributed by atoms with Crippen LogP contribution in [0.1, 0.15) is 26.7 Å². The molecule has 0 radical (unpaired) electrons. The molecule has 5 nitrogen and oxygen atoms in total. The lowest BCUT2D eigenvalue weighted by molar-refractivity contribution is -0.133. The smallest absolute Gasteiger partial charge is 0.331 e. The minimum absolute atomic E-state index is 0.00204. The summed E-state index contributed by atoms with van der Waals surface area (Å²) >= 11 is 0. The first-order valence-corrected chi connectivity index (χ1v) is 5.31. The van der Waals surface area contributed by atoms with Gasteiger partial charge in [0.2, 0.25) is 5.91 Å². The van der Waals surface area contributed by atoms with Crippen molar-refractivity contribution in [2.24, 2.45) is 0 Å².